The van der Waals surface area contributed by atoms with E-state index >= 15 is 0 Å². The van der Waals surface area contributed by atoms with Crippen LogP contribution in [0.25, 0.3) is 0 Å². The van der Waals surface area contributed by atoms with E-state index in [2.05, 4.69) is 15.0 Å². The molecule has 3 aromatic heterocycles. The number of nitrogen functional groups attached to an aromatic ring is 3. The molecule has 6 heterocycles. The minimum Gasteiger partial charge on any atom is -0.394 e. The molecule has 0 aliphatic carbocycles. The van der Waals surface area contributed by atoms with E-state index in [0.717, 1.165) is 19.3 Å². The van der Waals surface area contributed by atoms with Gasteiger partial charge >= 0.3 is 17.1 Å². The Kier molecular flexibility index (Phi) is 11.7. The molecular formula is C27H39N9O9. The van der Waals surface area contributed by atoms with Crippen molar-refractivity contribution in [2.24, 2.45) is 0 Å². The predicted molar refractivity (Wildman–Crippen MR) is 159 cm³/mol. The van der Waals surface area contributed by atoms with Crippen LogP contribution in [-0.2, 0) is 14.2 Å². The SMILES string of the molecule is Nc1ccn([C@H]2CC[C@@H](CO)O2)c(=O)n1.Nc1ccn([C@H]2CC[C@@H](CO)O2)c(=O)n1.Nc1ccn([C@H]2CC[C@@H](CO)O2)c(=O)n1. The van der Waals surface area contributed by atoms with Crippen molar-refractivity contribution in [3.05, 3.63) is 68.2 Å². The molecular weight excluding hydrogens is 594 g/mol. The number of anilines is 3. The van der Waals surface area contributed by atoms with Crippen LogP contribution in [0.2, 0.25) is 0 Å². The van der Waals surface area contributed by atoms with Crippen LogP contribution in [0.15, 0.2) is 51.2 Å². The van der Waals surface area contributed by atoms with Crippen molar-refractivity contribution in [3.63, 3.8) is 0 Å². The summed E-state index contributed by atoms with van der Waals surface area (Å²) in [5.74, 6) is 0.605. The molecule has 45 heavy (non-hydrogen) atoms. The fourth-order valence-corrected chi connectivity index (χ4v) is 5.01. The smallest absolute Gasteiger partial charge is 0.351 e. The van der Waals surface area contributed by atoms with Crippen molar-refractivity contribution in [1.82, 2.24) is 28.7 Å². The molecule has 0 aromatic carbocycles. The first-order chi connectivity index (χ1) is 21.6. The zero-order chi connectivity index (χ0) is 32.5. The summed E-state index contributed by atoms with van der Waals surface area (Å²) in [7, 11) is 0. The molecule has 3 aromatic rings. The molecule has 0 saturated carbocycles. The molecule has 246 valence electrons. The monoisotopic (exact) mass is 633 g/mol. The Morgan fingerprint density at radius 2 is 0.822 bits per heavy atom. The van der Waals surface area contributed by atoms with Crippen molar-refractivity contribution in [2.45, 2.75) is 75.5 Å². The summed E-state index contributed by atoms with van der Waals surface area (Å²) in [6.45, 7) is -0.0606. The van der Waals surface area contributed by atoms with Gasteiger partial charge in [0.1, 0.15) is 36.1 Å². The van der Waals surface area contributed by atoms with E-state index in [1.807, 2.05) is 0 Å². The number of ether oxygens (including phenoxy) is 3. The van der Waals surface area contributed by atoms with Gasteiger partial charge in [-0.1, -0.05) is 0 Å². The van der Waals surface area contributed by atoms with Crippen LogP contribution in [0.5, 0.6) is 0 Å². The minimum atomic E-state index is -0.418. The molecule has 0 radical (unpaired) electrons. The lowest BCUT2D eigenvalue weighted by molar-refractivity contribution is -0.0246. The van der Waals surface area contributed by atoms with Gasteiger partial charge in [-0.2, -0.15) is 15.0 Å². The van der Waals surface area contributed by atoms with E-state index in [4.69, 9.17) is 46.7 Å². The molecule has 0 unspecified atom stereocenters. The number of rotatable bonds is 6. The zero-order valence-electron chi connectivity index (χ0n) is 24.5. The van der Waals surface area contributed by atoms with Gasteiger partial charge in [-0.25, -0.2) is 14.4 Å². The molecule has 0 amide bonds. The number of aliphatic hydroxyl groups excluding tert-OH is 3. The lowest BCUT2D eigenvalue weighted by Crippen LogP contribution is -2.27. The topological polar surface area (TPSA) is 271 Å². The minimum absolute atomic E-state index is 0.0202. The second-order valence-electron chi connectivity index (χ2n) is 10.5. The average Bonchev–Trinajstić information content (AvgIpc) is 3.79. The van der Waals surface area contributed by atoms with E-state index < -0.39 is 17.1 Å². The van der Waals surface area contributed by atoms with Crippen molar-refractivity contribution in [3.8, 4) is 0 Å². The zero-order valence-corrected chi connectivity index (χ0v) is 24.5. The third-order valence-electron chi connectivity index (χ3n) is 7.35. The number of hydrogen-bond acceptors (Lipinski definition) is 15. The first-order valence-corrected chi connectivity index (χ1v) is 14.4. The quantitative estimate of drug-likeness (QED) is 0.180. The first kappa shape index (κ1) is 33.7. The number of hydrogen-bond donors (Lipinski definition) is 6. The molecule has 3 aliphatic rings. The maximum absolute atomic E-state index is 11.5. The third-order valence-corrected chi connectivity index (χ3v) is 7.35. The fourth-order valence-electron chi connectivity index (χ4n) is 5.01. The van der Waals surface area contributed by atoms with Crippen LogP contribution in [0, 0.1) is 0 Å². The summed E-state index contributed by atoms with van der Waals surface area (Å²) in [5.41, 5.74) is 14.9. The Labute approximate surface area is 256 Å². The van der Waals surface area contributed by atoms with Gasteiger partial charge in [-0.3, -0.25) is 13.7 Å². The van der Waals surface area contributed by atoms with Gasteiger partial charge in [-0.05, 0) is 56.7 Å². The Balaban J connectivity index is 0.000000154. The Morgan fingerprint density at radius 3 is 1.02 bits per heavy atom. The first-order valence-electron chi connectivity index (χ1n) is 14.4. The highest BCUT2D eigenvalue weighted by atomic mass is 16.5. The molecule has 3 fully saturated rings. The van der Waals surface area contributed by atoms with Crippen molar-refractivity contribution < 1.29 is 29.5 Å². The van der Waals surface area contributed by atoms with Gasteiger partial charge in [-0.15, -0.1) is 0 Å². The lowest BCUT2D eigenvalue weighted by atomic mass is 10.2. The number of nitrogens with two attached hydrogens (primary N) is 3. The highest BCUT2D eigenvalue weighted by Gasteiger charge is 2.28. The Hall–Kier alpha value is -4.20. The summed E-state index contributed by atoms with van der Waals surface area (Å²) in [4.78, 5) is 45.2. The van der Waals surface area contributed by atoms with E-state index in [1.165, 1.54) is 13.7 Å². The van der Waals surface area contributed by atoms with Crippen molar-refractivity contribution in [1.29, 1.82) is 0 Å². The van der Waals surface area contributed by atoms with Gasteiger partial charge in [0, 0.05) is 18.6 Å². The summed E-state index contributed by atoms with van der Waals surface area (Å²) in [6.07, 6.45) is 7.52. The van der Waals surface area contributed by atoms with Crippen LogP contribution < -0.4 is 34.3 Å². The molecule has 18 nitrogen and oxygen atoms in total. The second-order valence-corrected chi connectivity index (χ2v) is 10.5. The third kappa shape index (κ3) is 8.93. The fraction of sp³-hybridized carbons (Fsp3) is 0.556. The van der Waals surface area contributed by atoms with Crippen LogP contribution in [0.3, 0.4) is 0 Å². The highest BCUT2D eigenvalue weighted by molar-refractivity contribution is 5.24. The maximum atomic E-state index is 11.5. The Bertz CT molecular complexity index is 1400. The molecule has 18 heteroatoms. The number of aliphatic hydroxyl groups is 3. The molecule has 0 spiro atoms. The van der Waals surface area contributed by atoms with Crippen LogP contribution >= 0.6 is 0 Å². The molecule has 3 aliphatic heterocycles. The van der Waals surface area contributed by atoms with E-state index in [9.17, 15) is 14.4 Å². The Morgan fingerprint density at radius 1 is 0.556 bits per heavy atom. The molecule has 0 bridgehead atoms. The van der Waals surface area contributed by atoms with Gasteiger partial charge in [0.15, 0.2) is 0 Å². The van der Waals surface area contributed by atoms with Gasteiger partial charge in [0.05, 0.1) is 38.1 Å². The second kappa shape index (κ2) is 15.7. The van der Waals surface area contributed by atoms with Crippen LogP contribution in [-0.4, -0.2) is 82.1 Å². The van der Waals surface area contributed by atoms with Gasteiger partial charge in [0.2, 0.25) is 0 Å². The van der Waals surface area contributed by atoms with E-state index in [-0.39, 0.29) is 74.3 Å². The highest BCUT2D eigenvalue weighted by Crippen LogP contribution is 2.28. The van der Waals surface area contributed by atoms with Gasteiger partial charge < -0.3 is 46.7 Å². The maximum Gasteiger partial charge on any atom is 0.351 e. The largest absolute Gasteiger partial charge is 0.394 e. The van der Waals surface area contributed by atoms with Crippen LogP contribution in [0.1, 0.15) is 57.2 Å². The standard InChI is InChI=1S/3C9H13N3O3/c3*10-7-3-4-12(9(14)11-7)8-2-1-6(5-13)15-8/h3*3-4,6,8,13H,1-2,5H2,(H2,10,11,14)/t3*6-,8+/m000/s1. The average molecular weight is 634 g/mol. The molecule has 6 atom stereocenters. The lowest BCUT2D eigenvalue weighted by Gasteiger charge is -2.14. The van der Waals surface area contributed by atoms with E-state index in [0.29, 0.717) is 19.3 Å². The van der Waals surface area contributed by atoms with Gasteiger partial charge in [0.25, 0.3) is 0 Å². The van der Waals surface area contributed by atoms with Crippen LogP contribution in [0.4, 0.5) is 17.5 Å². The molecule has 9 N–H and O–H groups in total. The molecule has 6 rings (SSSR count). The predicted octanol–water partition coefficient (Wildman–Crippen LogP) is -1.51. The van der Waals surface area contributed by atoms with Crippen molar-refractivity contribution >= 4 is 17.5 Å². The van der Waals surface area contributed by atoms with Crippen molar-refractivity contribution in [2.75, 3.05) is 37.0 Å². The normalized spacial score (nSPS) is 25.7. The number of aromatic nitrogens is 6. The molecule has 3 saturated heterocycles. The number of nitrogens with zero attached hydrogens (tertiary/aromatic N) is 6. The summed E-state index contributed by atoms with van der Waals surface area (Å²) >= 11 is 0. The summed E-state index contributed by atoms with van der Waals surface area (Å²) in [5, 5.41) is 26.7. The summed E-state index contributed by atoms with van der Waals surface area (Å²) in [6, 6.07) is 4.66. The van der Waals surface area contributed by atoms with E-state index in [1.54, 1.807) is 36.8 Å². The summed E-state index contributed by atoms with van der Waals surface area (Å²) < 4.78 is 20.5.